The lowest BCUT2D eigenvalue weighted by molar-refractivity contribution is 0.0595. The Morgan fingerprint density at radius 1 is 1.50 bits per heavy atom. The van der Waals surface area contributed by atoms with Gasteiger partial charge in [0.1, 0.15) is 5.60 Å². The molecule has 1 saturated heterocycles. The zero-order chi connectivity index (χ0) is 10.2. The molecule has 14 heavy (non-hydrogen) atoms. The second-order valence-corrected chi connectivity index (χ2v) is 4.05. The number of nitrogens with two attached hydrogens (primary N) is 1. The summed E-state index contributed by atoms with van der Waals surface area (Å²) < 4.78 is 0. The zero-order valence-electron chi connectivity index (χ0n) is 8.38. The van der Waals surface area contributed by atoms with E-state index in [-0.39, 0.29) is 0 Å². The molecular formula is C11H16N2O. The highest BCUT2D eigenvalue weighted by atomic mass is 16.3. The Morgan fingerprint density at radius 2 is 2.29 bits per heavy atom. The van der Waals surface area contributed by atoms with E-state index in [2.05, 4.69) is 5.32 Å². The van der Waals surface area contributed by atoms with Crippen molar-refractivity contribution in [1.29, 1.82) is 0 Å². The Morgan fingerprint density at radius 3 is 2.93 bits per heavy atom. The van der Waals surface area contributed by atoms with E-state index >= 15 is 0 Å². The molecule has 0 aliphatic carbocycles. The minimum absolute atomic E-state index is 0.598. The fourth-order valence-electron chi connectivity index (χ4n) is 1.98. The summed E-state index contributed by atoms with van der Waals surface area (Å²) in [6, 6.07) is 5.80. The van der Waals surface area contributed by atoms with Gasteiger partial charge < -0.3 is 16.2 Å². The number of benzene rings is 1. The summed E-state index contributed by atoms with van der Waals surface area (Å²) in [4.78, 5) is 0. The average Bonchev–Trinajstić information content (AvgIpc) is 2.58. The van der Waals surface area contributed by atoms with Crippen molar-refractivity contribution < 1.29 is 5.11 Å². The predicted molar refractivity (Wildman–Crippen MR) is 57.0 cm³/mol. The Labute approximate surface area is 83.9 Å². The van der Waals surface area contributed by atoms with Crippen molar-refractivity contribution in [3.8, 4) is 0 Å². The highest BCUT2D eigenvalue weighted by molar-refractivity contribution is 5.52. The van der Waals surface area contributed by atoms with E-state index in [4.69, 9.17) is 5.73 Å². The Kier molecular flexibility index (Phi) is 2.21. The predicted octanol–water partition coefficient (Wildman–Crippen LogP) is 0.758. The highest BCUT2D eigenvalue weighted by Crippen LogP contribution is 2.32. The smallest absolute Gasteiger partial charge is 0.105 e. The maximum atomic E-state index is 10.3. The molecule has 4 N–H and O–H groups in total. The van der Waals surface area contributed by atoms with Crippen LogP contribution in [0, 0.1) is 6.92 Å². The Balaban J connectivity index is 2.44. The van der Waals surface area contributed by atoms with E-state index in [0.717, 1.165) is 24.1 Å². The fourth-order valence-corrected chi connectivity index (χ4v) is 1.98. The van der Waals surface area contributed by atoms with Crippen LogP contribution in [-0.4, -0.2) is 18.2 Å². The molecule has 0 aromatic heterocycles. The van der Waals surface area contributed by atoms with Crippen LogP contribution in [0.2, 0.25) is 0 Å². The topological polar surface area (TPSA) is 58.3 Å². The number of nitrogens with one attached hydrogen (secondary N) is 1. The molecule has 0 radical (unpaired) electrons. The zero-order valence-corrected chi connectivity index (χ0v) is 8.38. The maximum absolute atomic E-state index is 10.3. The van der Waals surface area contributed by atoms with Gasteiger partial charge in [-0.15, -0.1) is 0 Å². The van der Waals surface area contributed by atoms with Crippen LogP contribution in [0.1, 0.15) is 17.5 Å². The molecular weight excluding hydrogens is 176 g/mol. The van der Waals surface area contributed by atoms with Crippen LogP contribution in [0.4, 0.5) is 5.69 Å². The standard InChI is InChI=1S/C11H16N2O/c1-8-2-3-10(12)9(6-8)11(14)4-5-13-7-11/h2-3,6,13-14H,4-5,7,12H2,1H3. The van der Waals surface area contributed by atoms with Gasteiger partial charge in [0, 0.05) is 17.8 Å². The summed E-state index contributed by atoms with van der Waals surface area (Å²) in [5.41, 5.74) is 7.78. The second-order valence-electron chi connectivity index (χ2n) is 4.05. The molecule has 1 unspecified atom stereocenters. The third-order valence-electron chi connectivity index (χ3n) is 2.84. The quantitative estimate of drug-likeness (QED) is 0.576. The summed E-state index contributed by atoms with van der Waals surface area (Å²) in [6.45, 7) is 3.46. The molecule has 2 rings (SSSR count). The van der Waals surface area contributed by atoms with E-state index in [1.807, 2.05) is 25.1 Å². The number of β-amino-alcohol motifs (C(OH)–C–C–N with tert-alkyl or cyclic N) is 1. The molecule has 1 fully saturated rings. The largest absolute Gasteiger partial charge is 0.398 e. The van der Waals surface area contributed by atoms with Gasteiger partial charge in [0.2, 0.25) is 0 Å². The number of hydrogen-bond acceptors (Lipinski definition) is 3. The molecule has 3 heteroatoms. The third-order valence-corrected chi connectivity index (χ3v) is 2.84. The van der Waals surface area contributed by atoms with Crippen LogP contribution in [0.25, 0.3) is 0 Å². The van der Waals surface area contributed by atoms with Gasteiger partial charge in [0.15, 0.2) is 0 Å². The molecule has 1 aromatic rings. The molecule has 1 aromatic carbocycles. The molecule has 0 spiro atoms. The molecule has 0 saturated carbocycles. The number of anilines is 1. The third kappa shape index (κ3) is 1.49. The molecule has 1 atom stereocenters. The van der Waals surface area contributed by atoms with E-state index in [0.29, 0.717) is 12.2 Å². The SMILES string of the molecule is Cc1ccc(N)c(C2(O)CCNC2)c1. The Hall–Kier alpha value is -1.06. The summed E-state index contributed by atoms with van der Waals surface area (Å²) in [5, 5.41) is 13.5. The molecule has 76 valence electrons. The van der Waals surface area contributed by atoms with Gasteiger partial charge in [-0.1, -0.05) is 17.7 Å². The first-order chi connectivity index (χ1) is 6.62. The van der Waals surface area contributed by atoms with Gasteiger partial charge in [-0.2, -0.15) is 0 Å². The Bertz CT molecular complexity index is 343. The van der Waals surface area contributed by atoms with Crippen molar-refractivity contribution in [2.45, 2.75) is 18.9 Å². The average molecular weight is 192 g/mol. The first-order valence-corrected chi connectivity index (χ1v) is 4.91. The molecule has 1 aliphatic rings. The van der Waals surface area contributed by atoms with E-state index in [1.165, 1.54) is 0 Å². The summed E-state index contributed by atoms with van der Waals surface area (Å²) >= 11 is 0. The first kappa shape index (κ1) is 9.49. The fraction of sp³-hybridized carbons (Fsp3) is 0.455. The van der Waals surface area contributed by atoms with Gasteiger partial charge in [0.05, 0.1) is 0 Å². The molecule has 1 heterocycles. The number of hydrogen-bond donors (Lipinski definition) is 3. The highest BCUT2D eigenvalue weighted by Gasteiger charge is 2.34. The van der Waals surface area contributed by atoms with Crippen molar-refractivity contribution in [2.75, 3.05) is 18.8 Å². The molecule has 3 nitrogen and oxygen atoms in total. The minimum Gasteiger partial charge on any atom is -0.398 e. The monoisotopic (exact) mass is 192 g/mol. The van der Waals surface area contributed by atoms with Gasteiger partial charge in [-0.25, -0.2) is 0 Å². The van der Waals surface area contributed by atoms with E-state index in [1.54, 1.807) is 0 Å². The number of nitrogen functional groups attached to an aromatic ring is 1. The van der Waals surface area contributed by atoms with Crippen LogP contribution in [0.15, 0.2) is 18.2 Å². The van der Waals surface area contributed by atoms with Gasteiger partial charge in [0.25, 0.3) is 0 Å². The van der Waals surface area contributed by atoms with Crippen molar-refractivity contribution in [1.82, 2.24) is 5.32 Å². The van der Waals surface area contributed by atoms with Crippen LogP contribution in [0.3, 0.4) is 0 Å². The van der Waals surface area contributed by atoms with Crippen molar-refractivity contribution in [3.63, 3.8) is 0 Å². The maximum Gasteiger partial charge on any atom is 0.105 e. The summed E-state index contributed by atoms with van der Waals surface area (Å²) in [7, 11) is 0. The van der Waals surface area contributed by atoms with Gasteiger partial charge >= 0.3 is 0 Å². The van der Waals surface area contributed by atoms with Gasteiger partial charge in [-0.05, 0) is 26.0 Å². The van der Waals surface area contributed by atoms with Crippen LogP contribution < -0.4 is 11.1 Å². The van der Waals surface area contributed by atoms with Crippen molar-refractivity contribution in [2.24, 2.45) is 0 Å². The molecule has 1 aliphatic heterocycles. The second kappa shape index (κ2) is 3.26. The minimum atomic E-state index is -0.768. The molecule has 0 amide bonds. The lowest BCUT2D eigenvalue weighted by Gasteiger charge is -2.23. The van der Waals surface area contributed by atoms with Crippen molar-refractivity contribution in [3.05, 3.63) is 29.3 Å². The lowest BCUT2D eigenvalue weighted by atomic mass is 9.90. The van der Waals surface area contributed by atoms with E-state index < -0.39 is 5.60 Å². The number of aliphatic hydroxyl groups is 1. The molecule has 0 bridgehead atoms. The number of aryl methyl sites for hydroxylation is 1. The normalized spacial score (nSPS) is 26.7. The van der Waals surface area contributed by atoms with Gasteiger partial charge in [-0.3, -0.25) is 0 Å². The van der Waals surface area contributed by atoms with E-state index in [9.17, 15) is 5.11 Å². The summed E-state index contributed by atoms with van der Waals surface area (Å²) in [5.74, 6) is 0. The van der Waals surface area contributed by atoms with Crippen molar-refractivity contribution >= 4 is 5.69 Å². The van der Waals surface area contributed by atoms with Crippen LogP contribution in [-0.2, 0) is 5.60 Å². The van der Waals surface area contributed by atoms with Crippen LogP contribution in [0.5, 0.6) is 0 Å². The lowest BCUT2D eigenvalue weighted by Crippen LogP contribution is -2.29. The van der Waals surface area contributed by atoms with Crippen LogP contribution >= 0.6 is 0 Å². The first-order valence-electron chi connectivity index (χ1n) is 4.91. The number of rotatable bonds is 1. The summed E-state index contributed by atoms with van der Waals surface area (Å²) in [6.07, 6.45) is 0.737.